The van der Waals surface area contributed by atoms with Gasteiger partial charge in [-0.3, -0.25) is 0 Å². The van der Waals surface area contributed by atoms with E-state index in [1.807, 2.05) is 0 Å². The smallest absolute Gasteiger partial charge is 0 e. The molecule has 0 aliphatic carbocycles. The number of hydrogen-bond donors (Lipinski definition) is 0. The van der Waals surface area contributed by atoms with Gasteiger partial charge in [0.25, 0.3) is 0 Å². The molecule has 0 N–H and O–H groups in total. The molecule has 0 aromatic heterocycles. The van der Waals surface area contributed by atoms with Crippen LogP contribution in [0.2, 0.25) is 0 Å². The summed E-state index contributed by atoms with van der Waals surface area (Å²) < 4.78 is 0. The molecular formula is BeKNaTl. The number of hydrogen-bond acceptors (Lipinski definition) is 0. The second-order valence-electron chi connectivity index (χ2n) is 0. The van der Waals surface area contributed by atoms with Crippen molar-refractivity contribution in [2.24, 2.45) is 0 Å². The minimum atomic E-state index is 0. The van der Waals surface area contributed by atoms with Crippen molar-refractivity contribution < 1.29 is 0 Å². The summed E-state index contributed by atoms with van der Waals surface area (Å²) in [6.07, 6.45) is 0. The molecule has 0 bridgehead atoms. The van der Waals surface area contributed by atoms with Crippen molar-refractivity contribution in [2.75, 3.05) is 0 Å². The number of rotatable bonds is 0. The standard InChI is InChI=1S/Be.K.Na.Tl. The fraction of sp³-hybridized carbons (Fsp3) is 0. The van der Waals surface area contributed by atoms with Crippen LogP contribution in [0.4, 0.5) is 0 Å². The van der Waals surface area contributed by atoms with Gasteiger partial charge >= 0.3 is 0 Å². The second kappa shape index (κ2) is 15.9. The summed E-state index contributed by atoms with van der Waals surface area (Å²) in [5.74, 6) is 0. The Bertz CT molecular complexity index is 8.00. The average molecular weight is 275 g/mol. The molecule has 0 unspecified atom stereocenters. The Morgan fingerprint density at radius 3 is 1.00 bits per heavy atom. The SMILES string of the molecule is [Be].[K].[Na].[Tl]. The van der Waals surface area contributed by atoms with Crippen LogP contribution in [0, 0.1) is 0 Å². The van der Waals surface area contributed by atoms with Crippen LogP contribution in [0.25, 0.3) is 0 Å². The van der Waals surface area contributed by atoms with Crippen molar-refractivity contribution in [3.05, 3.63) is 0 Å². The van der Waals surface area contributed by atoms with Crippen LogP contribution in [-0.2, 0) is 0 Å². The van der Waals surface area contributed by atoms with Crippen molar-refractivity contribution in [3.63, 3.8) is 0 Å². The molecule has 7 valence electrons. The van der Waals surface area contributed by atoms with Crippen LogP contribution in [-0.4, -0.2) is 118 Å². The summed E-state index contributed by atoms with van der Waals surface area (Å²) in [6, 6.07) is 0. The molecule has 0 aliphatic heterocycles. The maximum absolute atomic E-state index is 0. The molecule has 4 heteroatoms. The van der Waals surface area contributed by atoms with Crippen molar-refractivity contribution in [2.45, 2.75) is 0 Å². The van der Waals surface area contributed by atoms with Gasteiger partial charge < -0.3 is 0 Å². The Morgan fingerprint density at radius 1 is 1.00 bits per heavy atom. The van der Waals surface area contributed by atoms with E-state index in [-0.39, 0.29) is 118 Å². The molecule has 0 rings (SSSR count). The topological polar surface area (TPSA) is 0 Å². The minimum absolute atomic E-state index is 0. The Hall–Kier alpha value is 3.73. The summed E-state index contributed by atoms with van der Waals surface area (Å²) >= 11 is 0. The molecule has 5 radical (unpaired) electrons. The zero-order chi connectivity index (χ0) is 0. The first-order valence-corrected chi connectivity index (χ1v) is 0. The third-order valence-corrected chi connectivity index (χ3v) is 0. The fourth-order valence-corrected chi connectivity index (χ4v) is 0. The average Bonchev–Trinajstić information content (AvgIpc) is 0. The second-order valence-corrected chi connectivity index (χ2v) is 0. The van der Waals surface area contributed by atoms with Gasteiger partial charge in [0.05, 0.1) is 0 Å². The normalized spacial score (nSPS) is 0. The fourth-order valence-electron chi connectivity index (χ4n) is 0. The molecule has 0 saturated heterocycles. The zero-order valence-corrected chi connectivity index (χ0v) is 12.9. The van der Waals surface area contributed by atoms with E-state index < -0.39 is 0 Å². The van der Waals surface area contributed by atoms with Crippen LogP contribution < -0.4 is 0 Å². The van der Waals surface area contributed by atoms with Gasteiger partial charge in [0.2, 0.25) is 0 Å². The summed E-state index contributed by atoms with van der Waals surface area (Å²) in [4.78, 5) is 0. The summed E-state index contributed by atoms with van der Waals surface area (Å²) in [5, 5.41) is 0. The molecule has 0 nitrogen and oxygen atoms in total. The van der Waals surface area contributed by atoms with E-state index in [9.17, 15) is 0 Å². The molecule has 0 aliphatic rings. The van der Waals surface area contributed by atoms with Crippen molar-refractivity contribution >= 4 is 118 Å². The first-order valence-electron chi connectivity index (χ1n) is 0. The summed E-state index contributed by atoms with van der Waals surface area (Å²) in [7, 11) is 0. The van der Waals surface area contributed by atoms with Crippen LogP contribution >= 0.6 is 0 Å². The molecule has 0 saturated carbocycles. The van der Waals surface area contributed by atoms with Crippen LogP contribution in [0.5, 0.6) is 0 Å². The van der Waals surface area contributed by atoms with E-state index in [0.29, 0.717) is 0 Å². The molecule has 0 aromatic rings. The first-order chi connectivity index (χ1) is 0. The van der Waals surface area contributed by atoms with Gasteiger partial charge in [-0.1, -0.05) is 0 Å². The van der Waals surface area contributed by atoms with Crippen molar-refractivity contribution in [1.29, 1.82) is 0 Å². The molecule has 0 atom stereocenters. The first kappa shape index (κ1) is 25.2. The Morgan fingerprint density at radius 2 is 1.00 bits per heavy atom. The van der Waals surface area contributed by atoms with Crippen molar-refractivity contribution in [1.82, 2.24) is 0 Å². The summed E-state index contributed by atoms with van der Waals surface area (Å²) in [6.45, 7) is 0. The van der Waals surface area contributed by atoms with E-state index in [4.69, 9.17) is 0 Å². The van der Waals surface area contributed by atoms with Crippen LogP contribution in [0.15, 0.2) is 0 Å². The molecule has 0 amide bonds. The monoisotopic (exact) mass is 276 g/mol. The van der Waals surface area contributed by atoms with E-state index in [2.05, 4.69) is 0 Å². The van der Waals surface area contributed by atoms with E-state index >= 15 is 0 Å². The van der Waals surface area contributed by atoms with Gasteiger partial charge in [-0.25, -0.2) is 0 Å². The molecule has 0 aromatic carbocycles. The van der Waals surface area contributed by atoms with E-state index in [0.717, 1.165) is 0 Å². The molecular weight excluding hydrogens is 275 g/mol. The van der Waals surface area contributed by atoms with Crippen LogP contribution in [0.3, 0.4) is 0 Å². The van der Waals surface area contributed by atoms with Gasteiger partial charge in [0.15, 0.2) is 0 Å². The zero-order valence-electron chi connectivity index (χ0n) is 3.28. The molecule has 0 fully saturated rings. The van der Waals surface area contributed by atoms with Gasteiger partial charge in [0, 0.05) is 118 Å². The van der Waals surface area contributed by atoms with E-state index in [1.54, 1.807) is 0 Å². The summed E-state index contributed by atoms with van der Waals surface area (Å²) in [5.41, 5.74) is 0. The maximum atomic E-state index is 0. The minimum Gasteiger partial charge on any atom is 0 e. The third kappa shape index (κ3) is 9.21. The quantitative estimate of drug-likeness (QED) is 0.471. The molecule has 0 heterocycles. The van der Waals surface area contributed by atoms with E-state index in [1.165, 1.54) is 0 Å². The van der Waals surface area contributed by atoms with Gasteiger partial charge in [0.1, 0.15) is 0 Å². The van der Waals surface area contributed by atoms with Gasteiger partial charge in [-0.2, -0.15) is 0 Å². The third-order valence-electron chi connectivity index (χ3n) is 0. The Kier molecular flexibility index (Phi) is 100.0. The Labute approximate surface area is 115 Å². The van der Waals surface area contributed by atoms with Crippen molar-refractivity contribution in [3.8, 4) is 0 Å². The largest absolute Gasteiger partial charge is 0 e. The maximum Gasteiger partial charge on any atom is 0 e. The van der Waals surface area contributed by atoms with Crippen LogP contribution in [0.1, 0.15) is 0 Å². The predicted octanol–water partition coefficient (Wildman–Crippen LogP) is -1.52. The molecule has 4 heavy (non-hydrogen) atoms. The van der Waals surface area contributed by atoms with Gasteiger partial charge in [-0.15, -0.1) is 0 Å². The Balaban J connectivity index is 0. The molecule has 0 spiro atoms. The predicted molar refractivity (Wildman–Crippen MR) is 23.0 cm³/mol. The van der Waals surface area contributed by atoms with Gasteiger partial charge in [-0.05, 0) is 0 Å².